The van der Waals surface area contributed by atoms with Crippen molar-refractivity contribution in [2.75, 3.05) is 5.75 Å². The minimum Gasteiger partial charge on any atom is -0.480 e. The summed E-state index contributed by atoms with van der Waals surface area (Å²) < 4.78 is 20.4. The summed E-state index contributed by atoms with van der Waals surface area (Å²) in [6.45, 7) is 0. The molecule has 0 aliphatic heterocycles. The number of carbonyl (C=O) groups is 1. The van der Waals surface area contributed by atoms with Crippen LogP contribution in [0.15, 0.2) is 0 Å². The average molecular weight is 168 g/mol. The molecule has 0 amide bonds. The molecule has 0 bridgehead atoms. The van der Waals surface area contributed by atoms with Gasteiger partial charge in [0.15, 0.2) is 0 Å². The second-order valence-electron chi connectivity index (χ2n) is 1.77. The largest absolute Gasteiger partial charge is 0.480 e. The molecule has 0 aliphatic rings. The standard InChI is InChI=1S/C3H8N2O4S/c4-2(3(6)7)1-10(5,8)9/h2H,1,4H2,(H,6,7)(H2,5,8,9). The highest BCUT2D eigenvalue weighted by atomic mass is 32.2. The summed E-state index contributed by atoms with van der Waals surface area (Å²) in [5.74, 6) is -2.11. The van der Waals surface area contributed by atoms with Gasteiger partial charge in [-0.2, -0.15) is 0 Å². The molecular weight excluding hydrogens is 160 g/mol. The van der Waals surface area contributed by atoms with Crippen LogP contribution in [0.1, 0.15) is 0 Å². The zero-order chi connectivity index (χ0) is 8.36. The van der Waals surface area contributed by atoms with E-state index in [9.17, 15) is 13.2 Å². The van der Waals surface area contributed by atoms with E-state index in [0.29, 0.717) is 0 Å². The van der Waals surface area contributed by atoms with Crippen LogP contribution in [-0.2, 0) is 14.8 Å². The molecule has 0 aromatic carbocycles. The van der Waals surface area contributed by atoms with Crippen molar-refractivity contribution in [1.29, 1.82) is 0 Å². The molecule has 1 atom stereocenters. The van der Waals surface area contributed by atoms with E-state index in [1.165, 1.54) is 0 Å². The van der Waals surface area contributed by atoms with E-state index in [1.807, 2.05) is 0 Å². The van der Waals surface area contributed by atoms with E-state index in [1.54, 1.807) is 0 Å². The van der Waals surface area contributed by atoms with Gasteiger partial charge in [-0.1, -0.05) is 0 Å². The van der Waals surface area contributed by atoms with Gasteiger partial charge < -0.3 is 10.8 Å². The first-order valence-electron chi connectivity index (χ1n) is 2.32. The van der Waals surface area contributed by atoms with Gasteiger partial charge in [0.05, 0.1) is 5.75 Å². The van der Waals surface area contributed by atoms with E-state index in [4.69, 9.17) is 10.8 Å². The minimum atomic E-state index is -3.77. The summed E-state index contributed by atoms with van der Waals surface area (Å²) in [4.78, 5) is 9.93. The van der Waals surface area contributed by atoms with Crippen molar-refractivity contribution in [3.05, 3.63) is 0 Å². The van der Waals surface area contributed by atoms with Gasteiger partial charge in [0.1, 0.15) is 6.04 Å². The zero-order valence-electron chi connectivity index (χ0n) is 5.02. The Bertz CT molecular complexity index is 221. The number of hydrogen-bond acceptors (Lipinski definition) is 4. The SMILES string of the molecule is NC(CS(N)(=O)=O)C(=O)O. The molecule has 6 nitrogen and oxygen atoms in total. The fraction of sp³-hybridized carbons (Fsp3) is 0.667. The lowest BCUT2D eigenvalue weighted by molar-refractivity contribution is -0.137. The maximum atomic E-state index is 10.2. The lowest BCUT2D eigenvalue weighted by Crippen LogP contribution is -2.39. The normalized spacial score (nSPS) is 14.6. The molecule has 1 unspecified atom stereocenters. The number of aliphatic carboxylic acids is 1. The van der Waals surface area contributed by atoms with E-state index in [-0.39, 0.29) is 0 Å². The van der Waals surface area contributed by atoms with E-state index >= 15 is 0 Å². The smallest absolute Gasteiger partial charge is 0.321 e. The monoisotopic (exact) mass is 168 g/mol. The van der Waals surface area contributed by atoms with Crippen LogP contribution in [0.3, 0.4) is 0 Å². The molecule has 0 heterocycles. The van der Waals surface area contributed by atoms with E-state index in [0.717, 1.165) is 0 Å². The number of carboxylic acids is 1. The Morgan fingerprint density at radius 3 is 2.10 bits per heavy atom. The van der Waals surface area contributed by atoms with Gasteiger partial charge in [0.25, 0.3) is 0 Å². The second-order valence-corrected chi connectivity index (χ2v) is 3.43. The van der Waals surface area contributed by atoms with Gasteiger partial charge in [-0.25, -0.2) is 13.6 Å². The van der Waals surface area contributed by atoms with Gasteiger partial charge >= 0.3 is 5.97 Å². The summed E-state index contributed by atoms with van der Waals surface area (Å²) in [5, 5.41) is 12.6. The fourth-order valence-corrected chi connectivity index (χ4v) is 0.965. The predicted octanol–water partition coefficient (Wildman–Crippen LogP) is -2.31. The van der Waals surface area contributed by atoms with Crippen molar-refractivity contribution in [3.8, 4) is 0 Å². The van der Waals surface area contributed by atoms with Gasteiger partial charge in [-0.05, 0) is 0 Å². The number of primary sulfonamides is 1. The Morgan fingerprint density at radius 1 is 1.60 bits per heavy atom. The predicted molar refractivity (Wildman–Crippen MR) is 33.6 cm³/mol. The molecular formula is C3H8N2O4S. The summed E-state index contributed by atoms with van der Waals surface area (Å²) in [5.41, 5.74) is 4.84. The summed E-state index contributed by atoms with van der Waals surface area (Å²) >= 11 is 0. The Labute approximate surface area is 57.9 Å². The molecule has 7 heteroatoms. The molecule has 0 aliphatic carbocycles. The Balaban J connectivity index is 4.06. The molecule has 10 heavy (non-hydrogen) atoms. The van der Waals surface area contributed by atoms with Crippen LogP contribution in [0.2, 0.25) is 0 Å². The van der Waals surface area contributed by atoms with Crippen molar-refractivity contribution >= 4 is 16.0 Å². The van der Waals surface area contributed by atoms with Crippen molar-refractivity contribution in [1.82, 2.24) is 0 Å². The van der Waals surface area contributed by atoms with Crippen molar-refractivity contribution < 1.29 is 18.3 Å². The lowest BCUT2D eigenvalue weighted by Gasteiger charge is -2.01. The molecule has 60 valence electrons. The van der Waals surface area contributed by atoms with Crippen LogP contribution >= 0.6 is 0 Å². The second kappa shape index (κ2) is 2.95. The maximum Gasteiger partial charge on any atom is 0.321 e. The van der Waals surface area contributed by atoms with Crippen LogP contribution in [-0.4, -0.2) is 31.3 Å². The first-order chi connectivity index (χ1) is 4.33. The van der Waals surface area contributed by atoms with Gasteiger partial charge in [0.2, 0.25) is 10.0 Å². The first-order valence-corrected chi connectivity index (χ1v) is 4.03. The van der Waals surface area contributed by atoms with Crippen LogP contribution in [0.4, 0.5) is 0 Å². The molecule has 0 aromatic heterocycles. The fourth-order valence-electron chi connectivity index (χ4n) is 0.322. The first kappa shape index (κ1) is 9.34. The molecule has 0 spiro atoms. The van der Waals surface area contributed by atoms with Crippen molar-refractivity contribution in [2.45, 2.75) is 6.04 Å². The Hall–Kier alpha value is -0.660. The van der Waals surface area contributed by atoms with E-state index in [2.05, 4.69) is 5.14 Å². The number of rotatable bonds is 3. The van der Waals surface area contributed by atoms with Gasteiger partial charge in [-0.15, -0.1) is 0 Å². The van der Waals surface area contributed by atoms with Crippen LogP contribution in [0.5, 0.6) is 0 Å². The number of hydrogen-bond donors (Lipinski definition) is 3. The van der Waals surface area contributed by atoms with Crippen molar-refractivity contribution in [2.24, 2.45) is 10.9 Å². The molecule has 5 N–H and O–H groups in total. The van der Waals surface area contributed by atoms with Gasteiger partial charge in [0, 0.05) is 0 Å². The molecule has 0 saturated carbocycles. The van der Waals surface area contributed by atoms with E-state index < -0.39 is 27.8 Å². The lowest BCUT2D eigenvalue weighted by atomic mass is 10.4. The van der Waals surface area contributed by atoms with Crippen LogP contribution in [0.25, 0.3) is 0 Å². The molecule has 0 rings (SSSR count). The number of carboxylic acid groups (broad SMARTS) is 1. The molecule has 0 radical (unpaired) electrons. The highest BCUT2D eigenvalue weighted by Gasteiger charge is 2.17. The topological polar surface area (TPSA) is 123 Å². The van der Waals surface area contributed by atoms with Crippen LogP contribution in [0, 0.1) is 0 Å². The molecule has 0 fully saturated rings. The third-order valence-corrected chi connectivity index (χ3v) is 1.55. The third-order valence-electron chi connectivity index (χ3n) is 0.729. The quantitative estimate of drug-likeness (QED) is 0.436. The third kappa shape index (κ3) is 4.24. The summed E-state index contributed by atoms with van der Waals surface area (Å²) in [6.07, 6.45) is 0. The Kier molecular flexibility index (Phi) is 2.76. The molecule has 0 saturated heterocycles. The maximum absolute atomic E-state index is 10.2. The highest BCUT2D eigenvalue weighted by Crippen LogP contribution is 1.83. The zero-order valence-corrected chi connectivity index (χ0v) is 5.84. The summed E-state index contributed by atoms with van der Waals surface area (Å²) in [7, 11) is -3.77. The van der Waals surface area contributed by atoms with Gasteiger partial charge in [-0.3, -0.25) is 4.79 Å². The van der Waals surface area contributed by atoms with Crippen molar-refractivity contribution in [3.63, 3.8) is 0 Å². The number of nitrogens with two attached hydrogens (primary N) is 2. The minimum absolute atomic E-state index is 0.734. The molecule has 0 aromatic rings. The average Bonchev–Trinajstić information content (AvgIpc) is 1.60. The number of sulfonamides is 1. The highest BCUT2D eigenvalue weighted by molar-refractivity contribution is 7.89. The summed E-state index contributed by atoms with van der Waals surface area (Å²) in [6, 6.07) is -1.44. The Morgan fingerprint density at radius 2 is 2.00 bits per heavy atom. The van der Waals surface area contributed by atoms with Crippen LogP contribution < -0.4 is 10.9 Å².